The molecule has 0 aromatic heterocycles. The van der Waals surface area contributed by atoms with E-state index >= 15 is 0 Å². The Kier molecular flexibility index (Phi) is 5.17. The highest BCUT2D eigenvalue weighted by molar-refractivity contribution is 7.89. The molecule has 0 atom stereocenters. The van der Waals surface area contributed by atoms with Gasteiger partial charge in [0.05, 0.1) is 4.90 Å². The Bertz CT molecular complexity index is 587. The first kappa shape index (κ1) is 15.8. The standard InChI is InChI=1S/C13H17ClN2O2S/c1-4-6-16(7-5-2)19(17,18)13-9-11(14)8-12(15)10(13)3/h4-5,8-9H,1-2,6-7,15H2,3H3. The molecule has 2 N–H and O–H groups in total. The van der Waals surface area contributed by atoms with Gasteiger partial charge in [-0.1, -0.05) is 23.8 Å². The Morgan fingerprint density at radius 2 is 1.84 bits per heavy atom. The van der Waals surface area contributed by atoms with Gasteiger partial charge in [0, 0.05) is 23.8 Å². The number of nitrogens with zero attached hydrogens (tertiary/aromatic N) is 1. The first-order chi connectivity index (χ1) is 8.84. The van der Waals surface area contributed by atoms with Gasteiger partial charge in [0.2, 0.25) is 10.0 Å². The summed E-state index contributed by atoms with van der Waals surface area (Å²) in [6, 6.07) is 2.93. The molecule has 4 nitrogen and oxygen atoms in total. The van der Waals surface area contributed by atoms with Gasteiger partial charge >= 0.3 is 0 Å². The number of rotatable bonds is 6. The van der Waals surface area contributed by atoms with Gasteiger partial charge in [0.25, 0.3) is 0 Å². The van der Waals surface area contributed by atoms with Gasteiger partial charge < -0.3 is 5.73 Å². The molecule has 1 rings (SSSR count). The molecule has 0 fully saturated rings. The first-order valence-electron chi connectivity index (χ1n) is 5.62. The van der Waals surface area contributed by atoms with Crippen LogP contribution in [-0.2, 0) is 10.0 Å². The molecule has 0 spiro atoms. The van der Waals surface area contributed by atoms with E-state index in [9.17, 15) is 8.42 Å². The molecule has 0 saturated carbocycles. The molecule has 0 saturated heterocycles. The Balaban J connectivity index is 3.40. The molecule has 19 heavy (non-hydrogen) atoms. The summed E-state index contributed by atoms with van der Waals surface area (Å²) >= 11 is 5.88. The Hall–Kier alpha value is -1.30. The minimum absolute atomic E-state index is 0.112. The van der Waals surface area contributed by atoms with Crippen LogP contribution in [-0.4, -0.2) is 25.8 Å². The minimum Gasteiger partial charge on any atom is -0.398 e. The fraction of sp³-hybridized carbons (Fsp3) is 0.231. The summed E-state index contributed by atoms with van der Waals surface area (Å²) in [7, 11) is -3.67. The van der Waals surface area contributed by atoms with Crippen molar-refractivity contribution in [3.63, 3.8) is 0 Å². The van der Waals surface area contributed by atoms with Gasteiger partial charge in [0.15, 0.2) is 0 Å². The molecule has 1 aromatic carbocycles. The lowest BCUT2D eigenvalue weighted by atomic mass is 10.2. The van der Waals surface area contributed by atoms with Crippen LogP contribution in [0.1, 0.15) is 5.56 Å². The van der Waals surface area contributed by atoms with Crippen LogP contribution in [0.25, 0.3) is 0 Å². The maximum atomic E-state index is 12.6. The molecule has 0 unspecified atom stereocenters. The van der Waals surface area contributed by atoms with Gasteiger partial charge in [-0.15, -0.1) is 13.2 Å². The number of anilines is 1. The smallest absolute Gasteiger partial charge is 0.244 e. The molecule has 0 radical (unpaired) electrons. The van der Waals surface area contributed by atoms with Crippen LogP contribution >= 0.6 is 11.6 Å². The summed E-state index contributed by atoms with van der Waals surface area (Å²) in [6.07, 6.45) is 3.04. The van der Waals surface area contributed by atoms with Crippen molar-refractivity contribution in [2.24, 2.45) is 0 Å². The van der Waals surface area contributed by atoms with E-state index < -0.39 is 10.0 Å². The quantitative estimate of drug-likeness (QED) is 0.649. The second-order valence-electron chi connectivity index (χ2n) is 4.02. The van der Waals surface area contributed by atoms with Crippen LogP contribution in [0.2, 0.25) is 5.02 Å². The highest BCUT2D eigenvalue weighted by Gasteiger charge is 2.25. The van der Waals surface area contributed by atoms with E-state index in [1.165, 1.54) is 28.6 Å². The van der Waals surface area contributed by atoms with E-state index in [1.54, 1.807) is 6.92 Å². The van der Waals surface area contributed by atoms with Gasteiger partial charge in [-0.25, -0.2) is 8.42 Å². The second kappa shape index (κ2) is 6.23. The zero-order valence-corrected chi connectivity index (χ0v) is 12.3. The van der Waals surface area contributed by atoms with Crippen molar-refractivity contribution in [2.45, 2.75) is 11.8 Å². The maximum absolute atomic E-state index is 12.6. The van der Waals surface area contributed by atoms with E-state index in [0.29, 0.717) is 16.3 Å². The molecule has 1 aromatic rings. The van der Waals surface area contributed by atoms with E-state index in [2.05, 4.69) is 13.2 Å². The Labute approximate surface area is 119 Å². The summed E-state index contributed by atoms with van der Waals surface area (Å²) in [6.45, 7) is 9.15. The summed E-state index contributed by atoms with van der Waals surface area (Å²) in [5.74, 6) is 0. The van der Waals surface area contributed by atoms with Crippen LogP contribution in [0.3, 0.4) is 0 Å². The van der Waals surface area contributed by atoms with E-state index in [4.69, 9.17) is 17.3 Å². The zero-order chi connectivity index (χ0) is 14.6. The monoisotopic (exact) mass is 300 g/mol. The van der Waals surface area contributed by atoms with Gasteiger partial charge in [-0.05, 0) is 24.6 Å². The Morgan fingerprint density at radius 3 is 2.32 bits per heavy atom. The van der Waals surface area contributed by atoms with Gasteiger partial charge in [-0.2, -0.15) is 4.31 Å². The average Bonchev–Trinajstić information content (AvgIpc) is 2.33. The zero-order valence-electron chi connectivity index (χ0n) is 10.8. The highest BCUT2D eigenvalue weighted by atomic mass is 35.5. The molecule has 0 heterocycles. The topological polar surface area (TPSA) is 63.4 Å². The lowest BCUT2D eigenvalue weighted by Gasteiger charge is -2.21. The third kappa shape index (κ3) is 3.37. The van der Waals surface area contributed by atoms with Crippen LogP contribution in [0, 0.1) is 6.92 Å². The van der Waals surface area contributed by atoms with Gasteiger partial charge in [-0.3, -0.25) is 0 Å². The molecular formula is C13H17ClN2O2S. The summed E-state index contributed by atoms with van der Waals surface area (Å²) in [5, 5.41) is 0.291. The molecule has 6 heteroatoms. The first-order valence-corrected chi connectivity index (χ1v) is 7.44. The van der Waals surface area contributed by atoms with Crippen molar-refractivity contribution in [2.75, 3.05) is 18.8 Å². The number of hydrogen-bond donors (Lipinski definition) is 1. The summed E-state index contributed by atoms with van der Waals surface area (Å²) < 4.78 is 26.4. The predicted molar refractivity (Wildman–Crippen MR) is 79.8 cm³/mol. The second-order valence-corrected chi connectivity index (χ2v) is 6.36. The number of sulfonamides is 1. The fourth-order valence-electron chi connectivity index (χ4n) is 1.64. The summed E-state index contributed by atoms with van der Waals surface area (Å²) in [4.78, 5) is 0.112. The fourth-order valence-corrected chi connectivity index (χ4v) is 3.59. The van der Waals surface area contributed by atoms with Crippen molar-refractivity contribution in [3.8, 4) is 0 Å². The third-order valence-corrected chi connectivity index (χ3v) is 4.82. The molecule has 0 aliphatic carbocycles. The molecule has 0 bridgehead atoms. The highest BCUT2D eigenvalue weighted by Crippen LogP contribution is 2.28. The minimum atomic E-state index is -3.67. The number of benzene rings is 1. The van der Waals surface area contributed by atoms with Crippen LogP contribution < -0.4 is 5.73 Å². The number of nitrogen functional groups attached to an aromatic ring is 1. The summed E-state index contributed by atoms with van der Waals surface area (Å²) in [5.41, 5.74) is 6.60. The molecule has 0 aliphatic heterocycles. The SMILES string of the molecule is C=CCN(CC=C)S(=O)(=O)c1cc(Cl)cc(N)c1C. The third-order valence-electron chi connectivity index (χ3n) is 2.65. The lowest BCUT2D eigenvalue weighted by molar-refractivity contribution is 0.474. The molecule has 0 aliphatic rings. The van der Waals surface area contributed by atoms with E-state index in [1.807, 2.05) is 0 Å². The Morgan fingerprint density at radius 1 is 1.32 bits per heavy atom. The van der Waals surface area contributed by atoms with Crippen molar-refractivity contribution in [1.82, 2.24) is 4.31 Å². The van der Waals surface area contributed by atoms with Crippen LogP contribution in [0.15, 0.2) is 42.3 Å². The largest absolute Gasteiger partial charge is 0.398 e. The predicted octanol–water partition coefficient (Wildman–Crippen LogP) is 2.59. The number of halogens is 1. The van der Waals surface area contributed by atoms with Crippen molar-refractivity contribution in [3.05, 3.63) is 48.0 Å². The average molecular weight is 301 g/mol. The van der Waals surface area contributed by atoms with Gasteiger partial charge in [0.1, 0.15) is 0 Å². The van der Waals surface area contributed by atoms with E-state index in [0.717, 1.165) is 0 Å². The van der Waals surface area contributed by atoms with Crippen molar-refractivity contribution < 1.29 is 8.42 Å². The number of hydrogen-bond acceptors (Lipinski definition) is 3. The van der Waals surface area contributed by atoms with Crippen molar-refractivity contribution >= 4 is 27.3 Å². The van der Waals surface area contributed by atoms with Crippen LogP contribution in [0.4, 0.5) is 5.69 Å². The normalized spacial score (nSPS) is 11.5. The van der Waals surface area contributed by atoms with Crippen molar-refractivity contribution in [1.29, 1.82) is 0 Å². The van der Waals surface area contributed by atoms with E-state index in [-0.39, 0.29) is 18.0 Å². The molecule has 0 amide bonds. The van der Waals surface area contributed by atoms with Crippen LogP contribution in [0.5, 0.6) is 0 Å². The number of nitrogens with two attached hydrogens (primary N) is 1. The maximum Gasteiger partial charge on any atom is 0.244 e. The molecular weight excluding hydrogens is 284 g/mol. The molecule has 104 valence electrons. The lowest BCUT2D eigenvalue weighted by Crippen LogP contribution is -2.32.